The van der Waals surface area contributed by atoms with E-state index in [4.69, 9.17) is 9.47 Å². The highest BCUT2D eigenvalue weighted by Crippen LogP contribution is 2.57. The fraction of sp³-hybridized carbons (Fsp3) is 0.833. The third kappa shape index (κ3) is 1.04. The molecular formula is C12H18O2. The minimum absolute atomic E-state index is 0.207. The van der Waals surface area contributed by atoms with Gasteiger partial charge in [0, 0.05) is 12.3 Å². The summed E-state index contributed by atoms with van der Waals surface area (Å²) in [6.45, 7) is 5.11. The van der Waals surface area contributed by atoms with Gasteiger partial charge in [-0.15, -0.1) is 0 Å². The molecule has 2 heteroatoms. The van der Waals surface area contributed by atoms with Crippen LogP contribution in [0.3, 0.4) is 0 Å². The maximum absolute atomic E-state index is 5.92. The second-order valence-electron chi connectivity index (χ2n) is 4.92. The molecule has 1 saturated heterocycles. The Hall–Kier alpha value is -0.340. The average Bonchev–Trinajstić information content (AvgIpc) is 2.68. The van der Waals surface area contributed by atoms with E-state index in [2.05, 4.69) is 19.9 Å². The third-order valence-corrected chi connectivity index (χ3v) is 3.92. The number of hydrogen-bond acceptors (Lipinski definition) is 2. The number of rotatable bonds is 1. The number of fused-ring (bicyclic) bond motifs is 2. The predicted octanol–water partition coefficient (Wildman–Crippen LogP) is 2.49. The van der Waals surface area contributed by atoms with Gasteiger partial charge in [-0.1, -0.05) is 18.6 Å². The molecule has 78 valence electrons. The van der Waals surface area contributed by atoms with E-state index >= 15 is 0 Å². The van der Waals surface area contributed by atoms with Crippen LogP contribution in [0.25, 0.3) is 0 Å². The van der Waals surface area contributed by atoms with Crippen LogP contribution in [0.2, 0.25) is 0 Å². The van der Waals surface area contributed by atoms with Crippen LogP contribution >= 0.6 is 0 Å². The lowest BCUT2D eigenvalue weighted by molar-refractivity contribution is -0.263. The van der Waals surface area contributed by atoms with Gasteiger partial charge < -0.3 is 9.47 Å². The van der Waals surface area contributed by atoms with E-state index < -0.39 is 0 Å². The summed E-state index contributed by atoms with van der Waals surface area (Å²) in [4.78, 5) is 0. The van der Waals surface area contributed by atoms with Crippen molar-refractivity contribution < 1.29 is 9.47 Å². The van der Waals surface area contributed by atoms with Crippen molar-refractivity contribution in [1.29, 1.82) is 0 Å². The molecule has 0 aromatic heterocycles. The highest BCUT2D eigenvalue weighted by Gasteiger charge is 2.60. The van der Waals surface area contributed by atoms with E-state index in [1.165, 1.54) is 12.8 Å². The van der Waals surface area contributed by atoms with Gasteiger partial charge in [0.25, 0.3) is 0 Å². The van der Waals surface area contributed by atoms with Gasteiger partial charge in [0.15, 0.2) is 5.79 Å². The van der Waals surface area contributed by atoms with Crippen molar-refractivity contribution in [2.24, 2.45) is 11.8 Å². The minimum atomic E-state index is -0.207. The zero-order valence-electron chi connectivity index (χ0n) is 8.95. The Balaban J connectivity index is 1.78. The SMILES string of the molecule is CCC1=C[C@@H]2[C@H](C1)C[C@@]21OC[C@@H](C)O1. The standard InChI is InChI=1S/C12H18O2/c1-3-9-4-10-6-12(11(10)5-9)13-7-8(2)14-12/h5,8,10-11H,3-4,6-7H2,1-2H3/t8-,10-,11-,12+/m1/s1. The summed E-state index contributed by atoms with van der Waals surface area (Å²) < 4.78 is 11.8. The van der Waals surface area contributed by atoms with Crippen LogP contribution in [0.5, 0.6) is 0 Å². The zero-order valence-corrected chi connectivity index (χ0v) is 8.95. The first-order chi connectivity index (χ1) is 6.73. The van der Waals surface area contributed by atoms with Crippen molar-refractivity contribution in [3.63, 3.8) is 0 Å². The summed E-state index contributed by atoms with van der Waals surface area (Å²) in [6.07, 6.45) is 6.28. The molecule has 2 nitrogen and oxygen atoms in total. The molecule has 1 heterocycles. The topological polar surface area (TPSA) is 18.5 Å². The molecule has 0 unspecified atom stereocenters. The van der Waals surface area contributed by atoms with Gasteiger partial charge >= 0.3 is 0 Å². The molecule has 0 N–H and O–H groups in total. The molecule has 4 atom stereocenters. The normalized spacial score (nSPS) is 50.4. The summed E-state index contributed by atoms with van der Waals surface area (Å²) in [6, 6.07) is 0. The maximum atomic E-state index is 5.92. The van der Waals surface area contributed by atoms with Crippen molar-refractivity contribution in [1.82, 2.24) is 0 Å². The molecule has 0 radical (unpaired) electrons. The smallest absolute Gasteiger partial charge is 0.175 e. The van der Waals surface area contributed by atoms with Crippen LogP contribution in [0, 0.1) is 11.8 Å². The van der Waals surface area contributed by atoms with Gasteiger partial charge in [-0.05, 0) is 25.7 Å². The van der Waals surface area contributed by atoms with E-state index in [0.717, 1.165) is 18.9 Å². The van der Waals surface area contributed by atoms with Gasteiger partial charge in [-0.2, -0.15) is 0 Å². The maximum Gasteiger partial charge on any atom is 0.175 e. The molecule has 14 heavy (non-hydrogen) atoms. The Kier molecular flexibility index (Phi) is 1.80. The van der Waals surface area contributed by atoms with Crippen LogP contribution in [-0.2, 0) is 9.47 Å². The first-order valence-corrected chi connectivity index (χ1v) is 5.75. The summed E-state index contributed by atoms with van der Waals surface area (Å²) in [5.74, 6) is 1.17. The van der Waals surface area contributed by atoms with Gasteiger partial charge in [0.05, 0.1) is 12.7 Å². The van der Waals surface area contributed by atoms with E-state index in [9.17, 15) is 0 Å². The third-order valence-electron chi connectivity index (χ3n) is 3.92. The van der Waals surface area contributed by atoms with Crippen LogP contribution in [-0.4, -0.2) is 18.5 Å². The van der Waals surface area contributed by atoms with E-state index in [0.29, 0.717) is 5.92 Å². The Bertz CT molecular complexity index is 284. The Labute approximate surface area is 85.3 Å². The van der Waals surface area contributed by atoms with Crippen LogP contribution in [0.4, 0.5) is 0 Å². The fourth-order valence-corrected chi connectivity index (χ4v) is 3.16. The lowest BCUT2D eigenvalue weighted by Gasteiger charge is -2.47. The van der Waals surface area contributed by atoms with Crippen molar-refractivity contribution in [2.45, 2.75) is 45.0 Å². The highest BCUT2D eigenvalue weighted by molar-refractivity contribution is 5.23. The van der Waals surface area contributed by atoms with Gasteiger partial charge in [-0.3, -0.25) is 0 Å². The lowest BCUT2D eigenvalue weighted by Crippen LogP contribution is -2.52. The van der Waals surface area contributed by atoms with Crippen LogP contribution in [0.1, 0.15) is 33.1 Å². The van der Waals surface area contributed by atoms with Gasteiger partial charge in [-0.25, -0.2) is 0 Å². The zero-order chi connectivity index (χ0) is 9.76. The molecule has 0 amide bonds. The molecule has 0 aromatic rings. The molecule has 1 aliphatic heterocycles. The highest BCUT2D eigenvalue weighted by atomic mass is 16.7. The minimum Gasteiger partial charge on any atom is -0.347 e. The quantitative estimate of drug-likeness (QED) is 0.597. The molecule has 3 aliphatic rings. The first kappa shape index (κ1) is 8.93. The van der Waals surface area contributed by atoms with Crippen molar-refractivity contribution in [3.05, 3.63) is 11.6 Å². The monoisotopic (exact) mass is 194 g/mol. The summed E-state index contributed by atoms with van der Waals surface area (Å²) in [5, 5.41) is 0. The molecule has 1 spiro atoms. The molecule has 2 aliphatic carbocycles. The van der Waals surface area contributed by atoms with E-state index in [1.807, 2.05) is 0 Å². The summed E-state index contributed by atoms with van der Waals surface area (Å²) >= 11 is 0. The average molecular weight is 194 g/mol. The fourth-order valence-electron chi connectivity index (χ4n) is 3.16. The first-order valence-electron chi connectivity index (χ1n) is 5.75. The summed E-state index contributed by atoms with van der Waals surface area (Å²) in [5.41, 5.74) is 1.60. The second kappa shape index (κ2) is 2.83. The van der Waals surface area contributed by atoms with Crippen LogP contribution < -0.4 is 0 Å². The molecule has 0 bridgehead atoms. The number of ether oxygens (including phenoxy) is 2. The Morgan fingerprint density at radius 3 is 3.07 bits per heavy atom. The Morgan fingerprint density at radius 2 is 2.43 bits per heavy atom. The molecule has 3 rings (SSSR count). The summed E-state index contributed by atoms with van der Waals surface area (Å²) in [7, 11) is 0. The molecule has 1 saturated carbocycles. The van der Waals surface area contributed by atoms with Crippen molar-refractivity contribution >= 4 is 0 Å². The molecule has 2 fully saturated rings. The van der Waals surface area contributed by atoms with Gasteiger partial charge in [0.2, 0.25) is 0 Å². The van der Waals surface area contributed by atoms with Crippen LogP contribution in [0.15, 0.2) is 11.6 Å². The number of hydrogen-bond donors (Lipinski definition) is 0. The second-order valence-corrected chi connectivity index (χ2v) is 4.92. The van der Waals surface area contributed by atoms with E-state index in [1.54, 1.807) is 5.57 Å². The number of allylic oxidation sites excluding steroid dienone is 1. The van der Waals surface area contributed by atoms with Crippen molar-refractivity contribution in [3.8, 4) is 0 Å². The van der Waals surface area contributed by atoms with Gasteiger partial charge in [0.1, 0.15) is 0 Å². The molecule has 0 aromatic carbocycles. The Morgan fingerprint density at radius 1 is 1.57 bits per heavy atom. The molecular weight excluding hydrogens is 176 g/mol. The van der Waals surface area contributed by atoms with Crippen molar-refractivity contribution in [2.75, 3.05) is 6.61 Å². The largest absolute Gasteiger partial charge is 0.347 e. The lowest BCUT2D eigenvalue weighted by atomic mass is 9.70. The predicted molar refractivity (Wildman–Crippen MR) is 53.8 cm³/mol. The van der Waals surface area contributed by atoms with E-state index in [-0.39, 0.29) is 11.9 Å².